The lowest BCUT2D eigenvalue weighted by Gasteiger charge is -2.20. The summed E-state index contributed by atoms with van der Waals surface area (Å²) in [5, 5.41) is -3.83. The van der Waals surface area contributed by atoms with Crippen molar-refractivity contribution < 1.29 is 35.1 Å². The average molecular weight is 550 g/mol. The van der Waals surface area contributed by atoms with Gasteiger partial charge in [-0.25, -0.2) is 35.1 Å². The summed E-state index contributed by atoms with van der Waals surface area (Å²) in [5.41, 5.74) is -0.138. The quantitative estimate of drug-likeness (QED) is 0.0890. The zero-order valence-electron chi connectivity index (χ0n) is 20.1. The molecule has 0 heterocycles. The van der Waals surface area contributed by atoms with E-state index in [0.29, 0.717) is 5.56 Å². The largest absolute Gasteiger partial charge is 0.203 e. The van der Waals surface area contributed by atoms with Crippen LogP contribution in [0.25, 0.3) is 54.9 Å². The second-order valence-electron chi connectivity index (χ2n) is 9.07. The van der Waals surface area contributed by atoms with Gasteiger partial charge in [0.1, 0.15) is 0 Å². The SMILES string of the molecule is Fc1c(F)c(F)c2c(-c3ccc(-c4ccccc4)cc3)c3c(F)c(F)c(F)c(F)c3c(-c3ccccc3)c2c1F. The third-order valence-corrected chi connectivity index (χ3v) is 6.88. The van der Waals surface area contributed by atoms with E-state index < -0.39 is 79.2 Å². The topological polar surface area (TPSA) is 0 Å². The number of halogens is 8. The van der Waals surface area contributed by atoms with Crippen LogP contribution in [-0.2, 0) is 0 Å². The molecule has 0 spiro atoms. The lowest BCUT2D eigenvalue weighted by atomic mass is 9.84. The van der Waals surface area contributed by atoms with Crippen molar-refractivity contribution >= 4 is 21.5 Å². The minimum atomic E-state index is -2.20. The predicted octanol–water partition coefficient (Wildman–Crippen LogP) is 10.1. The van der Waals surface area contributed by atoms with E-state index >= 15 is 17.6 Å². The van der Waals surface area contributed by atoms with E-state index in [9.17, 15) is 17.6 Å². The van der Waals surface area contributed by atoms with Gasteiger partial charge >= 0.3 is 0 Å². The first kappa shape index (κ1) is 25.6. The Hall–Kier alpha value is -4.72. The zero-order chi connectivity index (χ0) is 28.3. The van der Waals surface area contributed by atoms with Gasteiger partial charge in [0.15, 0.2) is 46.5 Å². The molecule has 0 saturated heterocycles. The van der Waals surface area contributed by atoms with Gasteiger partial charge in [0.25, 0.3) is 0 Å². The Morgan fingerprint density at radius 2 is 0.500 bits per heavy atom. The lowest BCUT2D eigenvalue weighted by molar-refractivity contribution is 0.416. The van der Waals surface area contributed by atoms with Crippen molar-refractivity contribution in [3.8, 4) is 33.4 Å². The van der Waals surface area contributed by atoms with Crippen molar-refractivity contribution in [2.45, 2.75) is 0 Å². The van der Waals surface area contributed by atoms with Gasteiger partial charge in [-0.2, -0.15) is 0 Å². The summed E-state index contributed by atoms with van der Waals surface area (Å²) in [4.78, 5) is 0. The minimum Gasteiger partial charge on any atom is -0.203 e. The number of rotatable bonds is 3. The van der Waals surface area contributed by atoms with E-state index in [0.717, 1.165) is 5.56 Å². The van der Waals surface area contributed by atoms with E-state index in [2.05, 4.69) is 0 Å². The van der Waals surface area contributed by atoms with Crippen molar-refractivity contribution in [3.05, 3.63) is 131 Å². The summed E-state index contributed by atoms with van der Waals surface area (Å²) in [6.07, 6.45) is 0. The highest BCUT2D eigenvalue weighted by atomic mass is 19.2. The maximum atomic E-state index is 15.6. The molecule has 8 heteroatoms. The highest BCUT2D eigenvalue weighted by Crippen LogP contribution is 2.49. The van der Waals surface area contributed by atoms with Crippen LogP contribution in [-0.4, -0.2) is 0 Å². The zero-order valence-corrected chi connectivity index (χ0v) is 20.1. The van der Waals surface area contributed by atoms with Crippen molar-refractivity contribution in [1.29, 1.82) is 0 Å². The van der Waals surface area contributed by atoms with Gasteiger partial charge in [0.05, 0.1) is 0 Å². The first-order valence-electron chi connectivity index (χ1n) is 11.9. The molecule has 0 bridgehead atoms. The van der Waals surface area contributed by atoms with Crippen molar-refractivity contribution in [3.63, 3.8) is 0 Å². The van der Waals surface area contributed by atoms with Crippen molar-refractivity contribution in [2.75, 3.05) is 0 Å². The second kappa shape index (κ2) is 9.48. The predicted molar refractivity (Wildman–Crippen MR) is 137 cm³/mol. The summed E-state index contributed by atoms with van der Waals surface area (Å²) in [6, 6.07) is 21.5. The van der Waals surface area contributed by atoms with Crippen LogP contribution >= 0.6 is 0 Å². The van der Waals surface area contributed by atoms with Crippen molar-refractivity contribution in [1.82, 2.24) is 0 Å². The maximum absolute atomic E-state index is 15.6. The van der Waals surface area contributed by atoms with E-state index in [-0.39, 0.29) is 11.1 Å². The molecule has 0 unspecified atom stereocenters. The fourth-order valence-corrected chi connectivity index (χ4v) is 5.09. The molecule has 0 aliphatic heterocycles. The van der Waals surface area contributed by atoms with E-state index in [1.54, 1.807) is 30.3 Å². The van der Waals surface area contributed by atoms with Gasteiger partial charge in [-0.05, 0) is 22.3 Å². The van der Waals surface area contributed by atoms with Gasteiger partial charge in [0.2, 0.25) is 0 Å². The second-order valence-corrected chi connectivity index (χ2v) is 9.07. The third kappa shape index (κ3) is 3.66. The molecule has 0 atom stereocenters. The molecular weight excluding hydrogens is 536 g/mol. The Kier molecular flexibility index (Phi) is 6.06. The van der Waals surface area contributed by atoms with Gasteiger partial charge in [-0.3, -0.25) is 0 Å². The molecule has 6 rings (SSSR count). The number of hydrogen-bond acceptors (Lipinski definition) is 0. The number of hydrogen-bond donors (Lipinski definition) is 0. The summed E-state index contributed by atoms with van der Waals surface area (Å²) < 4.78 is 121. The monoisotopic (exact) mass is 550 g/mol. The van der Waals surface area contributed by atoms with Crippen LogP contribution < -0.4 is 0 Å². The molecule has 6 aromatic carbocycles. The molecule has 0 radical (unpaired) electrons. The minimum absolute atomic E-state index is 0.0999. The Morgan fingerprint density at radius 3 is 0.850 bits per heavy atom. The van der Waals surface area contributed by atoms with Crippen molar-refractivity contribution in [2.24, 2.45) is 0 Å². The number of benzene rings is 6. The first-order valence-corrected chi connectivity index (χ1v) is 11.9. The Morgan fingerprint density at radius 1 is 0.250 bits per heavy atom. The summed E-state index contributed by atoms with van der Waals surface area (Å²) in [6.45, 7) is 0. The molecule has 0 nitrogen and oxygen atoms in total. The van der Waals surface area contributed by atoms with Gasteiger partial charge in [-0.15, -0.1) is 0 Å². The molecule has 6 aromatic rings. The Labute approximate surface area is 221 Å². The van der Waals surface area contributed by atoms with Gasteiger partial charge in [-0.1, -0.05) is 84.9 Å². The maximum Gasteiger partial charge on any atom is 0.198 e. The van der Waals surface area contributed by atoms with Gasteiger partial charge in [0, 0.05) is 32.7 Å². The fraction of sp³-hybridized carbons (Fsp3) is 0. The van der Waals surface area contributed by atoms with Crippen LogP contribution in [0.5, 0.6) is 0 Å². The molecular formula is C32H14F8. The molecule has 0 aliphatic rings. The summed E-state index contributed by atoms with van der Waals surface area (Å²) in [7, 11) is 0. The van der Waals surface area contributed by atoms with Crippen LogP contribution in [0, 0.1) is 46.5 Å². The molecule has 40 heavy (non-hydrogen) atoms. The van der Waals surface area contributed by atoms with Crippen LogP contribution in [0.3, 0.4) is 0 Å². The molecule has 0 N–H and O–H groups in total. The van der Waals surface area contributed by atoms with Gasteiger partial charge < -0.3 is 0 Å². The van der Waals surface area contributed by atoms with E-state index in [1.807, 2.05) is 0 Å². The first-order chi connectivity index (χ1) is 19.2. The fourth-order valence-electron chi connectivity index (χ4n) is 5.09. The Balaban J connectivity index is 1.87. The highest BCUT2D eigenvalue weighted by Gasteiger charge is 2.33. The van der Waals surface area contributed by atoms with E-state index in [4.69, 9.17) is 0 Å². The molecule has 0 aromatic heterocycles. The molecule has 0 saturated carbocycles. The smallest absolute Gasteiger partial charge is 0.198 e. The van der Waals surface area contributed by atoms with Crippen LogP contribution in [0.1, 0.15) is 0 Å². The molecule has 0 aliphatic carbocycles. The van der Waals surface area contributed by atoms with Crippen LogP contribution in [0.15, 0.2) is 84.9 Å². The van der Waals surface area contributed by atoms with Crippen LogP contribution in [0.2, 0.25) is 0 Å². The molecule has 198 valence electrons. The summed E-state index contributed by atoms with van der Waals surface area (Å²) >= 11 is 0. The molecule has 0 fully saturated rings. The lowest BCUT2D eigenvalue weighted by Crippen LogP contribution is -2.06. The van der Waals surface area contributed by atoms with E-state index in [1.165, 1.54) is 54.6 Å². The summed E-state index contributed by atoms with van der Waals surface area (Å²) in [5.74, 6) is -16.4. The van der Waals surface area contributed by atoms with Crippen LogP contribution in [0.4, 0.5) is 35.1 Å². The highest BCUT2D eigenvalue weighted by molar-refractivity contribution is 6.22. The molecule has 0 amide bonds. The average Bonchev–Trinajstić information content (AvgIpc) is 3.00. The standard InChI is InChI=1S/C32H14F8/c33-25-21-19(17-9-5-2-6-10-17)22-24(28(36)32(40)30(38)26(22)34)20(23(21)27(35)31(39)29(25)37)18-13-11-16(12-14-18)15-7-3-1-4-8-15/h1-14H. The third-order valence-electron chi connectivity index (χ3n) is 6.88. The normalized spacial score (nSPS) is 11.5. The Bertz CT molecular complexity index is 1870. The number of fused-ring (bicyclic) bond motifs is 2.